The van der Waals surface area contributed by atoms with Crippen molar-refractivity contribution in [2.45, 2.75) is 33.1 Å². The van der Waals surface area contributed by atoms with Gasteiger partial charge in [-0.1, -0.05) is 12.1 Å². The fraction of sp³-hybridized carbons (Fsp3) is 0.500. The topological polar surface area (TPSA) is 66.9 Å². The minimum atomic E-state index is -0.496. The number of carbonyl (C=O) groups excluding carboxylic acids is 3. The molecule has 1 aromatic carbocycles. The number of rotatable bonds is 5. The van der Waals surface area contributed by atoms with Gasteiger partial charge in [-0.3, -0.25) is 9.59 Å². The molecular weight excluding hydrogens is 308 g/mol. The summed E-state index contributed by atoms with van der Waals surface area (Å²) in [5.74, 6) is -0.870. The van der Waals surface area contributed by atoms with Crippen LogP contribution in [0.5, 0.6) is 0 Å². The van der Waals surface area contributed by atoms with Crippen molar-refractivity contribution in [1.82, 2.24) is 4.90 Å². The Labute approximate surface area is 142 Å². The lowest BCUT2D eigenvalue weighted by molar-refractivity contribution is -0.132. The summed E-state index contributed by atoms with van der Waals surface area (Å²) in [6, 6.07) is 6.71. The Hall–Kier alpha value is -2.37. The van der Waals surface area contributed by atoms with Gasteiger partial charge in [0.2, 0.25) is 11.8 Å². The molecule has 2 amide bonds. The van der Waals surface area contributed by atoms with Crippen LogP contribution in [0.15, 0.2) is 24.3 Å². The molecule has 0 aromatic heterocycles. The van der Waals surface area contributed by atoms with Crippen LogP contribution < -0.4 is 4.90 Å². The number of esters is 1. The predicted molar refractivity (Wildman–Crippen MR) is 90.9 cm³/mol. The van der Waals surface area contributed by atoms with E-state index >= 15 is 0 Å². The summed E-state index contributed by atoms with van der Waals surface area (Å²) in [6.45, 7) is 4.76. The Morgan fingerprint density at radius 1 is 1.12 bits per heavy atom. The Balaban J connectivity index is 2.23. The lowest BCUT2D eigenvalue weighted by Crippen LogP contribution is -2.44. The van der Waals surface area contributed by atoms with Crippen molar-refractivity contribution in [2.24, 2.45) is 0 Å². The third kappa shape index (κ3) is 4.34. The molecule has 6 heteroatoms. The highest BCUT2D eigenvalue weighted by molar-refractivity contribution is 6.04. The standard InChI is InChI=1S/C18H24N2O4/c1-3-24-18(23)15-9-5-6-10-16(15)20(14(2)21)13-17(22)19-11-7-4-8-12-19/h5-6,9-10H,3-4,7-8,11-13H2,1-2H3. The fourth-order valence-electron chi connectivity index (χ4n) is 2.84. The number of benzene rings is 1. The van der Waals surface area contributed by atoms with Gasteiger partial charge in [-0.05, 0) is 38.3 Å². The van der Waals surface area contributed by atoms with Gasteiger partial charge in [-0.2, -0.15) is 0 Å². The number of likely N-dealkylation sites (tertiary alicyclic amines) is 1. The van der Waals surface area contributed by atoms with Crippen molar-refractivity contribution in [2.75, 3.05) is 31.1 Å². The number of anilines is 1. The number of piperidine rings is 1. The Kier molecular flexibility index (Phi) is 6.35. The largest absolute Gasteiger partial charge is 0.462 e. The molecule has 0 atom stereocenters. The van der Waals surface area contributed by atoms with E-state index in [1.807, 2.05) is 0 Å². The molecule has 0 spiro atoms. The van der Waals surface area contributed by atoms with Crippen LogP contribution in [0, 0.1) is 0 Å². The SMILES string of the molecule is CCOC(=O)c1ccccc1N(CC(=O)N1CCCCC1)C(C)=O. The highest BCUT2D eigenvalue weighted by Crippen LogP contribution is 2.22. The average molecular weight is 332 g/mol. The van der Waals surface area contributed by atoms with E-state index in [4.69, 9.17) is 4.74 Å². The van der Waals surface area contributed by atoms with Crippen LogP contribution in [0.4, 0.5) is 5.69 Å². The first-order valence-electron chi connectivity index (χ1n) is 8.36. The molecule has 0 N–H and O–H groups in total. The lowest BCUT2D eigenvalue weighted by atomic mass is 10.1. The molecule has 0 saturated carbocycles. The molecule has 1 aliphatic heterocycles. The quantitative estimate of drug-likeness (QED) is 0.776. The fourth-order valence-corrected chi connectivity index (χ4v) is 2.84. The Morgan fingerprint density at radius 2 is 1.79 bits per heavy atom. The van der Waals surface area contributed by atoms with Crippen LogP contribution in [0.1, 0.15) is 43.5 Å². The van der Waals surface area contributed by atoms with Crippen molar-refractivity contribution in [3.8, 4) is 0 Å². The van der Waals surface area contributed by atoms with E-state index in [9.17, 15) is 14.4 Å². The van der Waals surface area contributed by atoms with Gasteiger partial charge in [0, 0.05) is 20.0 Å². The zero-order valence-corrected chi connectivity index (χ0v) is 14.3. The summed E-state index contributed by atoms with van der Waals surface area (Å²) in [4.78, 5) is 39.9. The third-order valence-electron chi connectivity index (χ3n) is 4.07. The third-order valence-corrected chi connectivity index (χ3v) is 4.07. The van der Waals surface area contributed by atoms with Crippen molar-refractivity contribution in [3.63, 3.8) is 0 Å². The van der Waals surface area contributed by atoms with E-state index in [0.29, 0.717) is 11.3 Å². The zero-order chi connectivity index (χ0) is 17.5. The summed E-state index contributed by atoms with van der Waals surface area (Å²) in [5, 5.41) is 0. The summed E-state index contributed by atoms with van der Waals surface area (Å²) in [6.07, 6.45) is 3.11. The van der Waals surface area contributed by atoms with Gasteiger partial charge in [-0.25, -0.2) is 4.79 Å². The van der Waals surface area contributed by atoms with Gasteiger partial charge in [0.1, 0.15) is 6.54 Å². The zero-order valence-electron chi connectivity index (χ0n) is 14.3. The molecule has 0 bridgehead atoms. The number of hydrogen-bond donors (Lipinski definition) is 0. The van der Waals surface area contributed by atoms with Crippen LogP contribution in [-0.2, 0) is 14.3 Å². The summed E-state index contributed by atoms with van der Waals surface area (Å²) in [7, 11) is 0. The summed E-state index contributed by atoms with van der Waals surface area (Å²) >= 11 is 0. The van der Waals surface area contributed by atoms with Crippen molar-refractivity contribution in [3.05, 3.63) is 29.8 Å². The average Bonchev–Trinajstić information content (AvgIpc) is 2.60. The Morgan fingerprint density at radius 3 is 2.42 bits per heavy atom. The molecule has 1 fully saturated rings. The van der Waals surface area contributed by atoms with Crippen LogP contribution in [-0.4, -0.2) is 48.9 Å². The minimum Gasteiger partial charge on any atom is -0.462 e. The van der Waals surface area contributed by atoms with Gasteiger partial charge < -0.3 is 14.5 Å². The number of hydrogen-bond acceptors (Lipinski definition) is 4. The number of amides is 2. The Bertz CT molecular complexity index is 609. The molecule has 0 unspecified atom stereocenters. The van der Waals surface area contributed by atoms with E-state index in [2.05, 4.69) is 0 Å². The maximum Gasteiger partial charge on any atom is 0.340 e. The smallest absolute Gasteiger partial charge is 0.340 e. The normalized spacial score (nSPS) is 14.2. The lowest BCUT2D eigenvalue weighted by Gasteiger charge is -2.30. The molecule has 6 nitrogen and oxygen atoms in total. The van der Waals surface area contributed by atoms with Crippen molar-refractivity contribution >= 4 is 23.5 Å². The number of carbonyl (C=O) groups is 3. The molecule has 24 heavy (non-hydrogen) atoms. The summed E-state index contributed by atoms with van der Waals surface area (Å²) in [5.41, 5.74) is 0.704. The minimum absolute atomic E-state index is 0.0637. The second-order valence-corrected chi connectivity index (χ2v) is 5.78. The van der Waals surface area contributed by atoms with Gasteiger partial charge in [0.15, 0.2) is 0 Å². The molecule has 1 saturated heterocycles. The molecule has 1 aliphatic rings. The number of nitrogens with zero attached hydrogens (tertiary/aromatic N) is 2. The van der Waals surface area contributed by atoms with Crippen LogP contribution in [0.25, 0.3) is 0 Å². The maximum absolute atomic E-state index is 12.5. The van der Waals surface area contributed by atoms with Crippen molar-refractivity contribution in [1.29, 1.82) is 0 Å². The van der Waals surface area contributed by atoms with Crippen molar-refractivity contribution < 1.29 is 19.1 Å². The van der Waals surface area contributed by atoms with Gasteiger partial charge in [-0.15, -0.1) is 0 Å². The molecule has 0 radical (unpaired) electrons. The van der Waals surface area contributed by atoms with Gasteiger partial charge >= 0.3 is 5.97 Å². The van der Waals surface area contributed by atoms with Crippen LogP contribution in [0.3, 0.4) is 0 Å². The highest BCUT2D eigenvalue weighted by Gasteiger charge is 2.25. The highest BCUT2D eigenvalue weighted by atomic mass is 16.5. The monoisotopic (exact) mass is 332 g/mol. The molecular formula is C18H24N2O4. The van der Waals surface area contributed by atoms with Gasteiger partial charge in [0.05, 0.1) is 17.9 Å². The maximum atomic E-state index is 12.5. The van der Waals surface area contributed by atoms with E-state index in [0.717, 1.165) is 32.4 Å². The molecule has 1 aromatic rings. The summed E-state index contributed by atoms with van der Waals surface area (Å²) < 4.78 is 5.05. The number of para-hydroxylation sites is 1. The number of ether oxygens (including phenoxy) is 1. The molecule has 0 aliphatic carbocycles. The predicted octanol–water partition coefficient (Wildman–Crippen LogP) is 2.23. The molecule has 2 rings (SSSR count). The van der Waals surface area contributed by atoms with Crippen LogP contribution in [0.2, 0.25) is 0 Å². The first kappa shape index (κ1) is 18.0. The first-order valence-corrected chi connectivity index (χ1v) is 8.36. The van der Waals surface area contributed by atoms with E-state index in [1.54, 1.807) is 36.1 Å². The second-order valence-electron chi connectivity index (χ2n) is 5.78. The van der Waals surface area contributed by atoms with E-state index < -0.39 is 5.97 Å². The first-order chi connectivity index (χ1) is 11.5. The van der Waals surface area contributed by atoms with E-state index in [1.165, 1.54) is 11.8 Å². The molecule has 1 heterocycles. The van der Waals surface area contributed by atoms with Crippen LogP contribution >= 0.6 is 0 Å². The van der Waals surface area contributed by atoms with Gasteiger partial charge in [0.25, 0.3) is 0 Å². The second kappa shape index (κ2) is 8.47. The van der Waals surface area contributed by atoms with E-state index in [-0.39, 0.29) is 25.0 Å². The molecule has 130 valence electrons.